The Morgan fingerprint density at radius 2 is 1.35 bits per heavy atom. The van der Waals surface area contributed by atoms with E-state index in [2.05, 4.69) is 0 Å². The van der Waals surface area contributed by atoms with Crippen molar-refractivity contribution in [3.8, 4) is 0 Å². The summed E-state index contributed by atoms with van der Waals surface area (Å²) in [5.74, 6) is -0.375. The van der Waals surface area contributed by atoms with E-state index in [0.717, 1.165) is 12.8 Å². The highest BCUT2D eigenvalue weighted by Crippen LogP contribution is 2.09. The number of methoxy groups -OCH3 is 2. The Kier molecular flexibility index (Phi) is 14.2. The van der Waals surface area contributed by atoms with Crippen molar-refractivity contribution in [2.24, 2.45) is 0 Å². The maximum atomic E-state index is 11.8. The van der Waals surface area contributed by atoms with Crippen LogP contribution in [0.3, 0.4) is 0 Å². The van der Waals surface area contributed by atoms with Crippen LogP contribution in [0.1, 0.15) is 54.8 Å². The zero-order chi connectivity index (χ0) is 15.5. The summed E-state index contributed by atoms with van der Waals surface area (Å²) >= 11 is 0. The Hall–Kier alpha value is -1.72. The van der Waals surface area contributed by atoms with E-state index in [4.69, 9.17) is 14.2 Å². The van der Waals surface area contributed by atoms with Gasteiger partial charge in [-0.1, -0.05) is 27.0 Å². The van der Waals surface area contributed by atoms with E-state index < -0.39 is 0 Å². The summed E-state index contributed by atoms with van der Waals surface area (Å²) in [5.41, 5.74) is 1.02. The molecule has 0 N–H and O–H groups in total. The molecular formula is C18H30O5. The number of rotatable bonds is 10. The monoisotopic (exact) mass is 326 g/mol. The number of ether oxygens (including phenoxy) is 3. The average Bonchev–Trinajstić information content (AvgIpc) is 2.52. The van der Waals surface area contributed by atoms with Crippen molar-refractivity contribution < 1.29 is 23.8 Å². The predicted molar refractivity (Wildman–Crippen MR) is 92.1 cm³/mol. The van der Waals surface area contributed by atoms with Crippen molar-refractivity contribution in [3.05, 3.63) is 35.4 Å². The van der Waals surface area contributed by atoms with Crippen LogP contribution in [0.4, 0.5) is 0 Å². The summed E-state index contributed by atoms with van der Waals surface area (Å²) in [6, 6.07) is 6.49. The lowest BCUT2D eigenvalue weighted by molar-refractivity contribution is 0.0489. The second kappa shape index (κ2) is 13.9. The van der Waals surface area contributed by atoms with Crippen LogP contribution in [0.2, 0.25) is 0 Å². The number of ketones is 1. The minimum absolute atomic E-state index is 0. The summed E-state index contributed by atoms with van der Waals surface area (Å²) < 4.78 is 14.9. The lowest BCUT2D eigenvalue weighted by Gasteiger charge is -2.05. The van der Waals surface area contributed by atoms with Gasteiger partial charge in [-0.15, -0.1) is 0 Å². The van der Waals surface area contributed by atoms with Crippen LogP contribution in [0.5, 0.6) is 0 Å². The quantitative estimate of drug-likeness (QED) is 0.372. The van der Waals surface area contributed by atoms with Gasteiger partial charge in [0.15, 0.2) is 5.78 Å². The van der Waals surface area contributed by atoms with Crippen molar-refractivity contribution in [1.82, 2.24) is 0 Å². The number of carbonyl (C=O) groups is 2. The van der Waals surface area contributed by atoms with Crippen LogP contribution in [0, 0.1) is 0 Å². The molecule has 0 saturated heterocycles. The number of hydrogen-bond donors (Lipinski definition) is 0. The fourth-order valence-corrected chi connectivity index (χ4v) is 1.73. The van der Waals surface area contributed by atoms with Crippen molar-refractivity contribution in [1.29, 1.82) is 0 Å². The molecule has 1 aromatic carbocycles. The highest BCUT2D eigenvalue weighted by Gasteiger charge is 2.09. The van der Waals surface area contributed by atoms with Gasteiger partial charge in [0.1, 0.15) is 0 Å². The summed E-state index contributed by atoms with van der Waals surface area (Å²) in [6.07, 6.45) is 1.96. The Balaban J connectivity index is 0. The highest BCUT2D eigenvalue weighted by molar-refractivity contribution is 5.97. The van der Waals surface area contributed by atoms with Crippen molar-refractivity contribution >= 4 is 11.8 Å². The molecule has 23 heavy (non-hydrogen) atoms. The van der Waals surface area contributed by atoms with Gasteiger partial charge < -0.3 is 14.2 Å². The van der Waals surface area contributed by atoms with Gasteiger partial charge in [-0.05, 0) is 25.0 Å². The van der Waals surface area contributed by atoms with Gasteiger partial charge in [0.25, 0.3) is 0 Å². The van der Waals surface area contributed by atoms with E-state index >= 15 is 0 Å². The summed E-state index contributed by atoms with van der Waals surface area (Å²) in [6.45, 7) is 1.43. The predicted octanol–water partition coefficient (Wildman–Crippen LogP) is 3.76. The van der Waals surface area contributed by atoms with Crippen LogP contribution in [-0.4, -0.2) is 45.8 Å². The minimum Gasteiger partial charge on any atom is -0.462 e. The molecule has 0 atom stereocenters. The van der Waals surface area contributed by atoms with Crippen LogP contribution in [-0.2, 0) is 14.2 Å². The highest BCUT2D eigenvalue weighted by atomic mass is 16.5. The average molecular weight is 326 g/mol. The number of Topliss-reactive ketones (excluding diaryl/α,β-unsaturated/α-hetero) is 1. The molecule has 0 aliphatic carbocycles. The molecule has 0 aromatic heterocycles. The summed E-state index contributed by atoms with van der Waals surface area (Å²) in [7, 11) is 3.19. The SMILES string of the molecule is C.C.COCCCCOC(=O)c1ccc(C(=O)CCOC)cc1. The molecule has 0 bridgehead atoms. The van der Waals surface area contributed by atoms with Crippen molar-refractivity contribution in [3.63, 3.8) is 0 Å². The number of benzene rings is 1. The molecule has 0 aliphatic rings. The molecule has 0 fully saturated rings. The molecule has 0 saturated carbocycles. The van der Waals surface area contributed by atoms with Crippen molar-refractivity contribution in [2.45, 2.75) is 34.1 Å². The first kappa shape index (κ1) is 23.5. The molecule has 0 aliphatic heterocycles. The third-order valence-corrected chi connectivity index (χ3v) is 2.95. The molecule has 5 nitrogen and oxygen atoms in total. The van der Waals surface area contributed by atoms with Gasteiger partial charge in [-0.2, -0.15) is 0 Å². The lowest BCUT2D eigenvalue weighted by Crippen LogP contribution is -2.08. The molecule has 0 unspecified atom stereocenters. The topological polar surface area (TPSA) is 61.8 Å². The molecule has 132 valence electrons. The molecule has 1 rings (SSSR count). The first-order chi connectivity index (χ1) is 10.2. The van der Waals surface area contributed by atoms with Gasteiger partial charge in [-0.25, -0.2) is 4.79 Å². The third-order valence-electron chi connectivity index (χ3n) is 2.95. The molecule has 0 spiro atoms. The van der Waals surface area contributed by atoms with E-state index in [1.165, 1.54) is 0 Å². The second-order valence-electron chi connectivity index (χ2n) is 4.58. The number of unbranched alkanes of at least 4 members (excludes halogenated alkanes) is 1. The Bertz CT molecular complexity index is 439. The number of hydrogen-bond acceptors (Lipinski definition) is 5. The Morgan fingerprint density at radius 3 is 1.91 bits per heavy atom. The Labute approximate surface area is 139 Å². The van der Waals surface area contributed by atoms with E-state index in [1.807, 2.05) is 0 Å². The van der Waals surface area contributed by atoms with E-state index in [0.29, 0.717) is 37.4 Å². The molecular weight excluding hydrogens is 296 g/mol. The first-order valence-corrected chi connectivity index (χ1v) is 6.97. The van der Waals surface area contributed by atoms with E-state index in [-0.39, 0.29) is 26.6 Å². The maximum absolute atomic E-state index is 11.8. The largest absolute Gasteiger partial charge is 0.462 e. The standard InChI is InChI=1S/C16H22O5.2CH4/c1-19-10-3-4-11-21-16(18)14-7-5-13(6-8-14)15(17)9-12-20-2;;/h5-8H,3-4,9-12H2,1-2H3;2*1H4. The van der Waals surface area contributed by atoms with E-state index in [9.17, 15) is 9.59 Å². The van der Waals surface area contributed by atoms with Crippen LogP contribution in [0.25, 0.3) is 0 Å². The zero-order valence-corrected chi connectivity index (χ0v) is 12.6. The fraction of sp³-hybridized carbons (Fsp3) is 0.556. The van der Waals surface area contributed by atoms with Gasteiger partial charge in [0.2, 0.25) is 0 Å². The first-order valence-electron chi connectivity index (χ1n) is 6.97. The third kappa shape index (κ3) is 9.11. The summed E-state index contributed by atoms with van der Waals surface area (Å²) in [5, 5.41) is 0. The van der Waals surface area contributed by atoms with Gasteiger partial charge in [-0.3, -0.25) is 4.79 Å². The molecule has 5 heteroatoms. The zero-order valence-electron chi connectivity index (χ0n) is 12.6. The van der Waals surface area contributed by atoms with Crippen molar-refractivity contribution in [2.75, 3.05) is 34.0 Å². The van der Waals surface area contributed by atoms with Gasteiger partial charge >= 0.3 is 5.97 Å². The molecule has 0 heterocycles. The van der Waals surface area contributed by atoms with Crippen LogP contribution < -0.4 is 0 Å². The smallest absolute Gasteiger partial charge is 0.338 e. The minimum atomic E-state index is -0.372. The summed E-state index contributed by atoms with van der Waals surface area (Å²) in [4.78, 5) is 23.5. The van der Waals surface area contributed by atoms with Gasteiger partial charge in [0, 0.05) is 32.8 Å². The maximum Gasteiger partial charge on any atom is 0.338 e. The second-order valence-corrected chi connectivity index (χ2v) is 4.58. The van der Waals surface area contributed by atoms with Crippen LogP contribution in [0.15, 0.2) is 24.3 Å². The van der Waals surface area contributed by atoms with E-state index in [1.54, 1.807) is 38.5 Å². The fourth-order valence-electron chi connectivity index (χ4n) is 1.73. The number of esters is 1. The van der Waals surface area contributed by atoms with Crippen LogP contribution >= 0.6 is 0 Å². The Morgan fingerprint density at radius 1 is 0.826 bits per heavy atom. The number of carbonyl (C=O) groups excluding carboxylic acids is 2. The normalized spacial score (nSPS) is 9.48. The molecule has 1 aromatic rings. The molecule has 0 radical (unpaired) electrons. The van der Waals surface area contributed by atoms with Gasteiger partial charge in [0.05, 0.1) is 18.8 Å². The molecule has 0 amide bonds. The lowest BCUT2D eigenvalue weighted by atomic mass is 10.1.